The minimum absolute atomic E-state index is 0.200. The van der Waals surface area contributed by atoms with Crippen LogP contribution >= 0.6 is 0 Å². The van der Waals surface area contributed by atoms with Crippen molar-refractivity contribution in [1.82, 2.24) is 19.7 Å². The number of hydrogen-bond acceptors (Lipinski definition) is 5. The van der Waals surface area contributed by atoms with Crippen LogP contribution < -0.4 is 5.32 Å². The van der Waals surface area contributed by atoms with Gasteiger partial charge in [0.2, 0.25) is 5.95 Å². The molecule has 1 aliphatic rings. The Balaban J connectivity index is 1.91. The van der Waals surface area contributed by atoms with Gasteiger partial charge in [-0.05, 0) is 26.8 Å². The van der Waals surface area contributed by atoms with Gasteiger partial charge in [0.05, 0.1) is 11.7 Å². The summed E-state index contributed by atoms with van der Waals surface area (Å²) in [5, 5.41) is 8.52. The maximum atomic E-state index is 12.8. The molecule has 3 heterocycles. The van der Waals surface area contributed by atoms with E-state index in [0.29, 0.717) is 11.5 Å². The fourth-order valence-corrected chi connectivity index (χ4v) is 3.24. The lowest BCUT2D eigenvalue weighted by Gasteiger charge is -2.28. The van der Waals surface area contributed by atoms with E-state index in [1.54, 1.807) is 4.68 Å². The first-order chi connectivity index (χ1) is 12.1. The zero-order chi connectivity index (χ0) is 17.6. The van der Waals surface area contributed by atoms with Gasteiger partial charge in [-0.1, -0.05) is 18.2 Å². The molecule has 0 unspecified atom stereocenters. The molecule has 7 nitrogen and oxygen atoms in total. The summed E-state index contributed by atoms with van der Waals surface area (Å²) in [6.07, 6.45) is 3.20. The molecular formula is C18H19N5O2. The van der Waals surface area contributed by atoms with E-state index in [2.05, 4.69) is 20.4 Å². The molecule has 0 saturated heterocycles. The molecule has 3 aromatic rings. The number of fused-ring (bicyclic) bond motifs is 2. The first-order valence-electron chi connectivity index (χ1n) is 8.20. The monoisotopic (exact) mass is 337 g/mol. The predicted octanol–water partition coefficient (Wildman–Crippen LogP) is 3.00. The molecule has 2 aromatic heterocycles. The lowest BCUT2D eigenvalue weighted by atomic mass is 9.95. The van der Waals surface area contributed by atoms with E-state index >= 15 is 0 Å². The van der Waals surface area contributed by atoms with E-state index < -0.39 is 6.04 Å². The zero-order valence-electron chi connectivity index (χ0n) is 14.3. The second kappa shape index (κ2) is 5.77. The number of ether oxygens (including phenoxy) is 1. The highest BCUT2D eigenvalue weighted by molar-refractivity contribution is 5.94. The van der Waals surface area contributed by atoms with E-state index in [-0.39, 0.29) is 12.1 Å². The number of para-hydroxylation sites is 1. The quantitative estimate of drug-likeness (QED) is 0.718. The van der Waals surface area contributed by atoms with Crippen molar-refractivity contribution in [3.8, 4) is 0 Å². The van der Waals surface area contributed by atoms with Crippen LogP contribution in [0.1, 0.15) is 32.4 Å². The van der Waals surface area contributed by atoms with Gasteiger partial charge in [-0.15, -0.1) is 0 Å². The number of anilines is 1. The number of carbonyl (C=O) groups excluding carboxylic acids is 1. The molecule has 128 valence electrons. The van der Waals surface area contributed by atoms with Gasteiger partial charge in [0, 0.05) is 28.4 Å². The van der Waals surface area contributed by atoms with Gasteiger partial charge in [0.1, 0.15) is 12.4 Å². The molecule has 2 N–H and O–H groups in total. The molecule has 25 heavy (non-hydrogen) atoms. The lowest BCUT2D eigenvalue weighted by molar-refractivity contribution is -0.143. The highest BCUT2D eigenvalue weighted by Crippen LogP contribution is 2.38. The SMILES string of the molecule is CC1=C(C(=O)OC(C)C)[C@H](c2c[nH]c3ccccc23)n2ncnc2N1. The molecule has 1 aromatic carbocycles. The summed E-state index contributed by atoms with van der Waals surface area (Å²) in [6, 6.07) is 7.58. The van der Waals surface area contributed by atoms with E-state index in [1.807, 2.05) is 51.2 Å². The summed E-state index contributed by atoms with van der Waals surface area (Å²) in [7, 11) is 0. The van der Waals surface area contributed by atoms with Gasteiger partial charge < -0.3 is 15.0 Å². The minimum atomic E-state index is -0.402. The van der Waals surface area contributed by atoms with Crippen molar-refractivity contribution in [3.05, 3.63) is 53.6 Å². The molecule has 4 rings (SSSR count). The van der Waals surface area contributed by atoms with E-state index in [0.717, 1.165) is 22.2 Å². The third kappa shape index (κ3) is 2.48. The Labute approximate surface area is 144 Å². The van der Waals surface area contributed by atoms with E-state index in [1.165, 1.54) is 6.33 Å². The number of nitrogens with zero attached hydrogens (tertiary/aromatic N) is 3. The number of H-pyrrole nitrogens is 1. The van der Waals surface area contributed by atoms with Crippen LogP contribution in [0, 0.1) is 0 Å². The van der Waals surface area contributed by atoms with Crippen LogP contribution in [0.15, 0.2) is 48.1 Å². The molecule has 0 fully saturated rings. The molecular weight excluding hydrogens is 318 g/mol. The number of aromatic amines is 1. The second-order valence-electron chi connectivity index (χ2n) is 6.34. The van der Waals surface area contributed by atoms with Gasteiger partial charge in [-0.2, -0.15) is 10.1 Å². The molecule has 0 spiro atoms. The van der Waals surface area contributed by atoms with Crippen molar-refractivity contribution in [2.45, 2.75) is 32.9 Å². The van der Waals surface area contributed by atoms with Crippen LogP contribution in [0.25, 0.3) is 10.9 Å². The van der Waals surface area contributed by atoms with Crippen LogP contribution in [-0.2, 0) is 9.53 Å². The fourth-order valence-electron chi connectivity index (χ4n) is 3.24. The number of nitrogens with one attached hydrogen (secondary N) is 2. The lowest BCUT2D eigenvalue weighted by Crippen LogP contribution is -2.30. The summed E-state index contributed by atoms with van der Waals surface area (Å²) in [6.45, 7) is 5.54. The van der Waals surface area contributed by atoms with Crippen molar-refractivity contribution >= 4 is 22.8 Å². The zero-order valence-corrected chi connectivity index (χ0v) is 14.3. The number of allylic oxidation sites excluding steroid dienone is 1. The summed E-state index contributed by atoms with van der Waals surface area (Å²) < 4.78 is 7.21. The van der Waals surface area contributed by atoms with Crippen LogP contribution in [-0.4, -0.2) is 31.8 Å². The molecule has 0 radical (unpaired) electrons. The Kier molecular flexibility index (Phi) is 3.56. The summed E-state index contributed by atoms with van der Waals surface area (Å²) in [4.78, 5) is 20.3. The van der Waals surface area contributed by atoms with Gasteiger partial charge in [0.15, 0.2) is 0 Å². The van der Waals surface area contributed by atoms with E-state index in [4.69, 9.17) is 4.74 Å². The number of benzene rings is 1. The van der Waals surface area contributed by atoms with Gasteiger partial charge >= 0.3 is 5.97 Å². The van der Waals surface area contributed by atoms with Crippen LogP contribution in [0.4, 0.5) is 5.95 Å². The molecule has 1 aliphatic heterocycles. The maximum absolute atomic E-state index is 12.8. The molecule has 0 saturated carbocycles. The summed E-state index contributed by atoms with van der Waals surface area (Å²) >= 11 is 0. The average Bonchev–Trinajstić information content (AvgIpc) is 3.19. The molecule has 1 atom stereocenters. The summed E-state index contributed by atoms with van der Waals surface area (Å²) in [5.74, 6) is 0.255. The smallest absolute Gasteiger partial charge is 0.338 e. The Morgan fingerprint density at radius 1 is 1.32 bits per heavy atom. The van der Waals surface area contributed by atoms with E-state index in [9.17, 15) is 4.79 Å². The molecule has 0 aliphatic carbocycles. The topological polar surface area (TPSA) is 84.8 Å². The van der Waals surface area contributed by atoms with Crippen LogP contribution in [0.2, 0.25) is 0 Å². The largest absolute Gasteiger partial charge is 0.459 e. The predicted molar refractivity (Wildman–Crippen MR) is 94.0 cm³/mol. The highest BCUT2D eigenvalue weighted by Gasteiger charge is 2.35. The number of carbonyl (C=O) groups is 1. The van der Waals surface area contributed by atoms with Gasteiger partial charge in [-0.25, -0.2) is 9.48 Å². The van der Waals surface area contributed by atoms with Crippen LogP contribution in [0.3, 0.4) is 0 Å². The van der Waals surface area contributed by atoms with Crippen molar-refractivity contribution < 1.29 is 9.53 Å². The normalized spacial score (nSPS) is 16.9. The fraction of sp³-hybridized carbons (Fsp3) is 0.278. The third-order valence-electron chi connectivity index (χ3n) is 4.27. The molecule has 7 heteroatoms. The van der Waals surface area contributed by atoms with Crippen molar-refractivity contribution in [1.29, 1.82) is 0 Å². The first-order valence-corrected chi connectivity index (χ1v) is 8.20. The second-order valence-corrected chi connectivity index (χ2v) is 6.34. The highest BCUT2D eigenvalue weighted by atomic mass is 16.5. The maximum Gasteiger partial charge on any atom is 0.338 e. The minimum Gasteiger partial charge on any atom is -0.459 e. The first kappa shape index (κ1) is 15.4. The average molecular weight is 337 g/mol. The summed E-state index contributed by atoms with van der Waals surface area (Å²) in [5.41, 5.74) is 3.23. The number of esters is 1. The molecule has 0 bridgehead atoms. The van der Waals surface area contributed by atoms with Crippen LogP contribution in [0.5, 0.6) is 0 Å². The third-order valence-corrected chi connectivity index (χ3v) is 4.27. The van der Waals surface area contributed by atoms with Crippen molar-refractivity contribution in [2.24, 2.45) is 0 Å². The standard InChI is InChI=1S/C18H19N5O2/c1-10(2)25-17(24)15-11(3)22-18-20-9-21-23(18)16(15)13-8-19-14-7-5-4-6-12(13)14/h4-10,16,19H,1-3H3,(H,20,21,22)/t16-/m0/s1. The number of hydrogen-bond donors (Lipinski definition) is 2. The number of aromatic nitrogens is 4. The molecule has 0 amide bonds. The van der Waals surface area contributed by atoms with Gasteiger partial charge in [0.25, 0.3) is 0 Å². The Hall–Kier alpha value is -3.09. The Bertz CT molecular complexity index is 982. The Morgan fingerprint density at radius 3 is 2.92 bits per heavy atom. The van der Waals surface area contributed by atoms with Gasteiger partial charge in [-0.3, -0.25) is 0 Å². The Morgan fingerprint density at radius 2 is 2.12 bits per heavy atom. The van der Waals surface area contributed by atoms with Crippen molar-refractivity contribution in [3.63, 3.8) is 0 Å². The van der Waals surface area contributed by atoms with Crippen molar-refractivity contribution in [2.75, 3.05) is 5.32 Å². The number of rotatable bonds is 3.